The fraction of sp³-hybridized carbons (Fsp3) is 0.800. The van der Waals surface area contributed by atoms with Crippen molar-refractivity contribution >= 4 is 23.8 Å². The highest BCUT2D eigenvalue weighted by atomic mass is 16.6. The summed E-state index contributed by atoms with van der Waals surface area (Å²) in [6, 6.07) is -1.83. The van der Waals surface area contributed by atoms with Gasteiger partial charge in [0.05, 0.1) is 0 Å². The highest BCUT2D eigenvalue weighted by molar-refractivity contribution is 5.90. The number of hydrogen-bond donors (Lipinski definition) is 3. The van der Waals surface area contributed by atoms with Gasteiger partial charge < -0.3 is 20.5 Å². The molecule has 0 unspecified atom stereocenters. The van der Waals surface area contributed by atoms with Gasteiger partial charge in [-0.1, -0.05) is 27.7 Å². The number of hydrogen-bond acceptors (Lipinski definition) is 5. The summed E-state index contributed by atoms with van der Waals surface area (Å²) in [5.41, 5.74) is -0.532. The SMILES string of the molecule is CC(C)[C@H](NC(=O)[C@@H](NC(=O)CCCCC(=O)OC(C)(C)C)C(C)C)C(=O)O. The minimum atomic E-state index is -1.11. The van der Waals surface area contributed by atoms with Crippen LogP contribution < -0.4 is 10.6 Å². The Balaban J connectivity index is 4.53. The molecule has 3 N–H and O–H groups in total. The van der Waals surface area contributed by atoms with E-state index in [2.05, 4.69) is 10.6 Å². The number of carbonyl (C=O) groups excluding carboxylic acids is 3. The molecule has 0 saturated heterocycles. The second-order valence-electron chi connectivity index (χ2n) is 8.65. The van der Waals surface area contributed by atoms with Crippen LogP contribution >= 0.6 is 0 Å². The number of esters is 1. The first-order valence-corrected chi connectivity index (χ1v) is 9.79. The molecule has 0 heterocycles. The Morgan fingerprint density at radius 2 is 1.36 bits per heavy atom. The number of amides is 2. The third-order valence-electron chi connectivity index (χ3n) is 3.95. The van der Waals surface area contributed by atoms with Gasteiger partial charge in [0.15, 0.2) is 0 Å². The van der Waals surface area contributed by atoms with Crippen molar-refractivity contribution in [1.82, 2.24) is 10.6 Å². The molecule has 28 heavy (non-hydrogen) atoms. The van der Waals surface area contributed by atoms with Gasteiger partial charge in [-0.2, -0.15) is 0 Å². The van der Waals surface area contributed by atoms with Gasteiger partial charge >= 0.3 is 11.9 Å². The fourth-order valence-corrected chi connectivity index (χ4v) is 2.48. The van der Waals surface area contributed by atoms with Crippen molar-refractivity contribution < 1.29 is 29.0 Å². The zero-order chi connectivity index (χ0) is 22.1. The van der Waals surface area contributed by atoms with Crippen molar-refractivity contribution in [3.63, 3.8) is 0 Å². The zero-order valence-electron chi connectivity index (χ0n) is 18.1. The van der Waals surface area contributed by atoms with E-state index >= 15 is 0 Å². The summed E-state index contributed by atoms with van der Waals surface area (Å²) in [5.74, 6) is -2.72. The van der Waals surface area contributed by atoms with Crippen LogP contribution in [0.3, 0.4) is 0 Å². The van der Waals surface area contributed by atoms with Gasteiger partial charge in [-0.15, -0.1) is 0 Å². The lowest BCUT2D eigenvalue weighted by Crippen LogP contribution is -2.54. The Morgan fingerprint density at radius 1 is 0.857 bits per heavy atom. The van der Waals surface area contributed by atoms with Crippen LogP contribution in [-0.4, -0.2) is 46.5 Å². The first-order chi connectivity index (χ1) is 12.7. The number of nitrogens with one attached hydrogen (secondary N) is 2. The largest absolute Gasteiger partial charge is 0.480 e. The van der Waals surface area contributed by atoms with E-state index in [0.29, 0.717) is 12.8 Å². The van der Waals surface area contributed by atoms with E-state index in [1.807, 2.05) is 0 Å². The van der Waals surface area contributed by atoms with E-state index in [9.17, 15) is 24.3 Å². The summed E-state index contributed by atoms with van der Waals surface area (Å²) < 4.78 is 5.21. The fourth-order valence-electron chi connectivity index (χ4n) is 2.48. The summed E-state index contributed by atoms with van der Waals surface area (Å²) in [5, 5.41) is 14.4. The van der Waals surface area contributed by atoms with Crippen LogP contribution in [0.5, 0.6) is 0 Å². The molecule has 0 spiro atoms. The predicted octanol–water partition coefficient (Wildman–Crippen LogP) is 2.25. The average molecular weight is 401 g/mol. The van der Waals surface area contributed by atoms with Crippen molar-refractivity contribution in [3.05, 3.63) is 0 Å². The monoisotopic (exact) mass is 400 g/mol. The summed E-state index contributed by atoms with van der Waals surface area (Å²) in [6.07, 6.45) is 1.40. The maximum atomic E-state index is 12.4. The van der Waals surface area contributed by atoms with Crippen molar-refractivity contribution in [2.24, 2.45) is 11.8 Å². The van der Waals surface area contributed by atoms with Crippen molar-refractivity contribution in [2.75, 3.05) is 0 Å². The number of ether oxygens (including phenoxy) is 1. The maximum absolute atomic E-state index is 12.4. The number of carboxylic acids is 1. The quantitative estimate of drug-likeness (QED) is 0.361. The number of aliphatic carboxylic acids is 1. The molecule has 2 amide bonds. The van der Waals surface area contributed by atoms with E-state index in [-0.39, 0.29) is 36.6 Å². The molecule has 0 bridgehead atoms. The summed E-state index contributed by atoms with van der Waals surface area (Å²) in [6.45, 7) is 12.3. The molecule has 0 aliphatic heterocycles. The third-order valence-corrected chi connectivity index (χ3v) is 3.95. The van der Waals surface area contributed by atoms with Crippen LogP contribution in [0.2, 0.25) is 0 Å². The molecule has 0 aliphatic carbocycles. The molecule has 8 heteroatoms. The molecular weight excluding hydrogens is 364 g/mol. The minimum absolute atomic E-state index is 0.172. The van der Waals surface area contributed by atoms with E-state index in [1.54, 1.807) is 48.5 Å². The normalized spacial score (nSPS) is 13.8. The maximum Gasteiger partial charge on any atom is 0.326 e. The highest BCUT2D eigenvalue weighted by Crippen LogP contribution is 2.11. The zero-order valence-corrected chi connectivity index (χ0v) is 18.1. The number of unbranched alkanes of at least 4 members (excludes halogenated alkanes) is 1. The Bertz CT molecular complexity index is 551. The summed E-state index contributed by atoms with van der Waals surface area (Å²) in [7, 11) is 0. The molecule has 162 valence electrons. The van der Waals surface area contributed by atoms with Gasteiger partial charge in [-0.05, 0) is 45.4 Å². The van der Waals surface area contributed by atoms with E-state index in [0.717, 1.165) is 0 Å². The number of rotatable bonds is 11. The van der Waals surface area contributed by atoms with E-state index in [1.165, 1.54) is 0 Å². The molecule has 2 atom stereocenters. The molecule has 0 aromatic rings. The van der Waals surface area contributed by atoms with Crippen molar-refractivity contribution in [1.29, 1.82) is 0 Å². The second kappa shape index (κ2) is 11.7. The molecule has 0 aromatic heterocycles. The summed E-state index contributed by atoms with van der Waals surface area (Å²) >= 11 is 0. The number of carbonyl (C=O) groups is 4. The lowest BCUT2D eigenvalue weighted by atomic mass is 10.00. The molecule has 0 aliphatic rings. The first kappa shape index (κ1) is 25.9. The second-order valence-corrected chi connectivity index (χ2v) is 8.65. The topological polar surface area (TPSA) is 122 Å². The van der Waals surface area contributed by atoms with Crippen LogP contribution in [-0.2, 0) is 23.9 Å². The van der Waals surface area contributed by atoms with Crippen molar-refractivity contribution in [3.8, 4) is 0 Å². The van der Waals surface area contributed by atoms with Crippen LogP contribution in [0.25, 0.3) is 0 Å². The van der Waals surface area contributed by atoms with Crippen molar-refractivity contribution in [2.45, 2.75) is 91.8 Å². The molecule has 0 saturated carbocycles. The lowest BCUT2D eigenvalue weighted by Gasteiger charge is -2.25. The highest BCUT2D eigenvalue weighted by Gasteiger charge is 2.30. The lowest BCUT2D eigenvalue weighted by molar-refractivity contribution is -0.155. The Morgan fingerprint density at radius 3 is 1.79 bits per heavy atom. The van der Waals surface area contributed by atoms with Gasteiger partial charge in [0.25, 0.3) is 0 Å². The average Bonchev–Trinajstić information content (AvgIpc) is 2.51. The van der Waals surface area contributed by atoms with Crippen LogP contribution in [0.4, 0.5) is 0 Å². The van der Waals surface area contributed by atoms with Crippen LogP contribution in [0.1, 0.15) is 74.1 Å². The molecular formula is C20H36N2O6. The Hall–Kier alpha value is -2.12. The first-order valence-electron chi connectivity index (χ1n) is 9.79. The Kier molecular flexibility index (Phi) is 10.8. The number of carboxylic acid groups (broad SMARTS) is 1. The van der Waals surface area contributed by atoms with E-state index < -0.39 is 29.6 Å². The molecule has 0 fully saturated rings. The molecule has 8 nitrogen and oxygen atoms in total. The molecule has 0 radical (unpaired) electrons. The van der Waals surface area contributed by atoms with Gasteiger partial charge in [0, 0.05) is 12.8 Å². The summed E-state index contributed by atoms with van der Waals surface area (Å²) in [4.78, 5) is 47.5. The van der Waals surface area contributed by atoms with Crippen LogP contribution in [0.15, 0.2) is 0 Å². The molecule has 0 aromatic carbocycles. The van der Waals surface area contributed by atoms with Gasteiger partial charge in [-0.25, -0.2) is 4.79 Å². The third kappa shape index (κ3) is 10.9. The van der Waals surface area contributed by atoms with Gasteiger partial charge in [0.2, 0.25) is 11.8 Å². The predicted molar refractivity (Wildman–Crippen MR) is 105 cm³/mol. The van der Waals surface area contributed by atoms with Crippen LogP contribution in [0, 0.1) is 11.8 Å². The molecule has 0 rings (SSSR count). The Labute approximate surface area is 167 Å². The smallest absolute Gasteiger partial charge is 0.326 e. The minimum Gasteiger partial charge on any atom is -0.480 e. The van der Waals surface area contributed by atoms with Gasteiger partial charge in [-0.3, -0.25) is 14.4 Å². The standard InChI is InChI=1S/C20H36N2O6/c1-12(2)16(18(25)22-17(13(3)4)19(26)27)21-14(23)10-8-9-11-15(24)28-20(5,6)7/h12-13,16-17H,8-11H2,1-7H3,(H,21,23)(H,22,25)(H,26,27)/t16-,17-/m0/s1. The van der Waals surface area contributed by atoms with E-state index in [4.69, 9.17) is 4.74 Å². The van der Waals surface area contributed by atoms with Gasteiger partial charge in [0.1, 0.15) is 17.7 Å².